The second kappa shape index (κ2) is 7.71. The lowest BCUT2D eigenvalue weighted by Gasteiger charge is -2.36. The maximum Gasteiger partial charge on any atom is 0.234 e. The van der Waals surface area contributed by atoms with Crippen molar-refractivity contribution in [2.75, 3.05) is 44.2 Å². The Kier molecular flexibility index (Phi) is 5.38. The van der Waals surface area contributed by atoms with E-state index in [1.807, 2.05) is 6.92 Å². The zero-order chi connectivity index (χ0) is 18.7. The Bertz CT molecular complexity index is 863. The summed E-state index contributed by atoms with van der Waals surface area (Å²) in [5, 5.41) is 13.5. The molecular weight excluding hydrogens is 326 g/mol. The highest BCUT2D eigenvalue weighted by molar-refractivity contribution is 5.96. The molecule has 26 heavy (non-hydrogen) atoms. The Morgan fingerprint density at radius 2 is 2.00 bits per heavy atom. The highest BCUT2D eigenvalue weighted by atomic mass is 16.2. The van der Waals surface area contributed by atoms with Crippen molar-refractivity contribution < 1.29 is 4.79 Å². The molecule has 0 spiro atoms. The van der Waals surface area contributed by atoms with Crippen molar-refractivity contribution in [1.82, 2.24) is 15.2 Å². The van der Waals surface area contributed by atoms with E-state index in [2.05, 4.69) is 52.2 Å². The molecule has 0 unspecified atom stereocenters. The van der Waals surface area contributed by atoms with E-state index in [1.165, 1.54) is 5.56 Å². The van der Waals surface area contributed by atoms with Gasteiger partial charge in [-0.1, -0.05) is 11.6 Å². The van der Waals surface area contributed by atoms with Crippen molar-refractivity contribution in [2.24, 2.45) is 0 Å². The Morgan fingerprint density at radius 1 is 1.27 bits per heavy atom. The molecule has 2 heterocycles. The first-order valence-electron chi connectivity index (χ1n) is 9.07. The number of hydrogen-bond donors (Lipinski definition) is 1. The van der Waals surface area contributed by atoms with Crippen LogP contribution in [0.25, 0.3) is 10.9 Å². The number of carbonyl (C=O) groups excluding carboxylic acids is 1. The summed E-state index contributed by atoms with van der Waals surface area (Å²) in [6, 6.07) is 6.54. The minimum Gasteiger partial charge on any atom is -0.367 e. The number of nitrogens with zero attached hydrogens (tertiary/aromatic N) is 4. The van der Waals surface area contributed by atoms with Crippen LogP contribution in [0.4, 0.5) is 5.69 Å². The molecule has 136 valence electrons. The molecule has 0 atom stereocenters. The number of nitrogens with one attached hydrogen (secondary N) is 1. The predicted octanol–water partition coefficient (Wildman–Crippen LogP) is 1.98. The van der Waals surface area contributed by atoms with Gasteiger partial charge in [0.15, 0.2) is 0 Å². The first-order valence-corrected chi connectivity index (χ1v) is 9.07. The third kappa shape index (κ3) is 3.63. The van der Waals surface area contributed by atoms with Gasteiger partial charge in [-0.15, -0.1) is 0 Å². The second-order valence-electron chi connectivity index (χ2n) is 6.83. The molecule has 1 amide bonds. The van der Waals surface area contributed by atoms with E-state index in [1.54, 1.807) is 6.20 Å². The van der Waals surface area contributed by atoms with Crippen LogP contribution in [0.5, 0.6) is 0 Å². The maximum absolute atomic E-state index is 11.8. The minimum atomic E-state index is 0.0688. The number of hydrogen-bond acceptors (Lipinski definition) is 5. The van der Waals surface area contributed by atoms with Gasteiger partial charge < -0.3 is 10.2 Å². The standard InChI is InChI=1S/C20H25N5O/c1-4-22-18(26)13-24-5-7-25(8-6-24)20-16(11-21)12-23-19-15(3)9-14(2)10-17(19)20/h9-10,12H,4-8,13H2,1-3H3,(H,22,26). The van der Waals surface area contributed by atoms with E-state index in [4.69, 9.17) is 0 Å². The SMILES string of the molecule is CCNC(=O)CN1CCN(c2c(C#N)cnc3c(C)cc(C)cc23)CC1. The Hall–Kier alpha value is -2.65. The van der Waals surface area contributed by atoms with Crippen LogP contribution in [0, 0.1) is 25.2 Å². The Morgan fingerprint density at radius 3 is 2.65 bits per heavy atom. The summed E-state index contributed by atoms with van der Waals surface area (Å²) >= 11 is 0. The van der Waals surface area contributed by atoms with E-state index in [9.17, 15) is 10.1 Å². The van der Waals surface area contributed by atoms with Gasteiger partial charge in [0.1, 0.15) is 6.07 Å². The number of aromatic nitrogens is 1. The van der Waals surface area contributed by atoms with E-state index in [0.29, 0.717) is 18.7 Å². The Balaban J connectivity index is 1.87. The molecule has 6 heteroatoms. The topological polar surface area (TPSA) is 72.3 Å². The second-order valence-corrected chi connectivity index (χ2v) is 6.83. The predicted molar refractivity (Wildman–Crippen MR) is 103 cm³/mol. The van der Waals surface area contributed by atoms with Crippen LogP contribution in [0.3, 0.4) is 0 Å². The van der Waals surface area contributed by atoms with Crippen LogP contribution >= 0.6 is 0 Å². The lowest BCUT2D eigenvalue weighted by atomic mass is 10.0. The molecule has 1 fully saturated rings. The first kappa shape index (κ1) is 18.2. The molecule has 2 aromatic rings. The van der Waals surface area contributed by atoms with Gasteiger partial charge in [0.2, 0.25) is 5.91 Å². The number of benzene rings is 1. The van der Waals surface area contributed by atoms with Crippen molar-refractivity contribution in [2.45, 2.75) is 20.8 Å². The van der Waals surface area contributed by atoms with Gasteiger partial charge in [-0.05, 0) is 32.4 Å². The molecule has 0 bridgehead atoms. The monoisotopic (exact) mass is 351 g/mol. The smallest absolute Gasteiger partial charge is 0.234 e. The fourth-order valence-corrected chi connectivity index (χ4v) is 3.66. The van der Waals surface area contributed by atoms with Gasteiger partial charge in [0.25, 0.3) is 0 Å². The minimum absolute atomic E-state index is 0.0688. The lowest BCUT2D eigenvalue weighted by Crippen LogP contribution is -2.49. The van der Waals surface area contributed by atoms with Gasteiger partial charge in [0, 0.05) is 44.3 Å². The molecule has 1 aromatic carbocycles. The van der Waals surface area contributed by atoms with Crippen molar-refractivity contribution in [3.63, 3.8) is 0 Å². The summed E-state index contributed by atoms with van der Waals surface area (Å²) in [5.41, 5.74) is 4.83. The number of pyridine rings is 1. The van der Waals surface area contributed by atoms with Crippen molar-refractivity contribution >= 4 is 22.5 Å². The average Bonchev–Trinajstić information content (AvgIpc) is 2.61. The molecule has 1 aromatic heterocycles. The summed E-state index contributed by atoms with van der Waals surface area (Å²) < 4.78 is 0. The van der Waals surface area contributed by atoms with Gasteiger partial charge in [-0.3, -0.25) is 14.7 Å². The summed E-state index contributed by atoms with van der Waals surface area (Å²) in [4.78, 5) is 20.7. The van der Waals surface area contributed by atoms with E-state index < -0.39 is 0 Å². The third-order valence-corrected chi connectivity index (χ3v) is 4.83. The highest BCUT2D eigenvalue weighted by Gasteiger charge is 2.23. The third-order valence-electron chi connectivity index (χ3n) is 4.83. The molecule has 1 aliphatic heterocycles. The van der Waals surface area contributed by atoms with Gasteiger partial charge in [-0.2, -0.15) is 5.26 Å². The fraction of sp³-hybridized carbons (Fsp3) is 0.450. The quantitative estimate of drug-likeness (QED) is 0.912. The van der Waals surface area contributed by atoms with E-state index in [-0.39, 0.29) is 5.91 Å². The fourth-order valence-electron chi connectivity index (χ4n) is 3.66. The van der Waals surface area contributed by atoms with Gasteiger partial charge in [-0.25, -0.2) is 0 Å². The van der Waals surface area contributed by atoms with Crippen LogP contribution in [0.15, 0.2) is 18.3 Å². The molecule has 0 saturated carbocycles. The molecule has 1 saturated heterocycles. The normalized spacial score (nSPS) is 15.1. The van der Waals surface area contributed by atoms with Crippen LogP contribution in [0.1, 0.15) is 23.6 Å². The van der Waals surface area contributed by atoms with Crippen LogP contribution in [-0.4, -0.2) is 55.1 Å². The van der Waals surface area contributed by atoms with Gasteiger partial charge in [0.05, 0.1) is 23.3 Å². The largest absolute Gasteiger partial charge is 0.367 e. The molecule has 1 aliphatic rings. The van der Waals surface area contributed by atoms with E-state index >= 15 is 0 Å². The molecule has 3 rings (SSSR count). The van der Waals surface area contributed by atoms with Gasteiger partial charge >= 0.3 is 0 Å². The Labute approximate surface area is 154 Å². The first-order chi connectivity index (χ1) is 12.5. The van der Waals surface area contributed by atoms with Crippen molar-refractivity contribution in [3.8, 4) is 6.07 Å². The van der Waals surface area contributed by atoms with Crippen LogP contribution in [0.2, 0.25) is 0 Å². The number of rotatable bonds is 4. The summed E-state index contributed by atoms with van der Waals surface area (Å²) in [5.74, 6) is 0.0688. The lowest BCUT2D eigenvalue weighted by molar-refractivity contribution is -0.122. The molecule has 0 radical (unpaired) electrons. The zero-order valence-corrected chi connectivity index (χ0v) is 15.7. The number of likely N-dealkylation sites (N-methyl/N-ethyl adjacent to an activating group) is 1. The maximum atomic E-state index is 11.8. The summed E-state index contributed by atoms with van der Waals surface area (Å²) in [6.07, 6.45) is 1.68. The molecule has 6 nitrogen and oxygen atoms in total. The summed E-state index contributed by atoms with van der Waals surface area (Å²) in [6.45, 7) is 10.3. The average molecular weight is 351 g/mol. The molecular formula is C20H25N5O. The van der Waals surface area contributed by atoms with E-state index in [0.717, 1.165) is 48.3 Å². The number of nitriles is 1. The number of anilines is 1. The van der Waals surface area contributed by atoms with Crippen molar-refractivity contribution in [3.05, 3.63) is 35.0 Å². The number of amides is 1. The summed E-state index contributed by atoms with van der Waals surface area (Å²) in [7, 11) is 0. The zero-order valence-electron chi connectivity index (χ0n) is 15.7. The van der Waals surface area contributed by atoms with Crippen molar-refractivity contribution in [1.29, 1.82) is 5.26 Å². The number of piperazine rings is 1. The van der Waals surface area contributed by atoms with Crippen LogP contribution < -0.4 is 10.2 Å². The van der Waals surface area contributed by atoms with Crippen LogP contribution in [-0.2, 0) is 4.79 Å². The number of carbonyl (C=O) groups is 1. The number of aryl methyl sites for hydroxylation is 2. The number of fused-ring (bicyclic) bond motifs is 1. The molecule has 1 N–H and O–H groups in total. The highest BCUT2D eigenvalue weighted by Crippen LogP contribution is 2.32. The molecule has 0 aliphatic carbocycles.